The van der Waals surface area contributed by atoms with E-state index in [0.29, 0.717) is 11.8 Å². The van der Waals surface area contributed by atoms with E-state index in [1.165, 1.54) is 143 Å². The molecule has 0 unspecified atom stereocenters. The molecule has 0 N–H and O–H groups in total. The van der Waals surface area contributed by atoms with Crippen LogP contribution in [0.1, 0.15) is 117 Å². The van der Waals surface area contributed by atoms with Gasteiger partial charge in [-0.15, -0.1) is 0 Å². The van der Waals surface area contributed by atoms with E-state index < -0.39 is 0 Å². The minimum Gasteiger partial charge on any atom is -0.0629 e. The maximum Gasteiger partial charge on any atom is 0.243 e. The van der Waals surface area contributed by atoms with Gasteiger partial charge in [0.2, 0.25) is 13.4 Å². The minimum atomic E-state index is 0.0840. The molecule has 0 aliphatic carbocycles. The van der Waals surface area contributed by atoms with Crippen molar-refractivity contribution in [1.29, 1.82) is 0 Å². The lowest BCUT2D eigenvalue weighted by molar-refractivity contribution is 0.877. The van der Waals surface area contributed by atoms with Crippen molar-refractivity contribution in [2.24, 2.45) is 0 Å². The van der Waals surface area contributed by atoms with Gasteiger partial charge < -0.3 is 0 Å². The first-order valence-corrected chi connectivity index (χ1v) is 22.5. The third-order valence-electron chi connectivity index (χ3n) is 14.0. The topological polar surface area (TPSA) is 0 Å². The predicted octanol–water partition coefficient (Wildman–Crippen LogP) is 11.6. The molecule has 2 heteroatoms. The summed E-state index contributed by atoms with van der Waals surface area (Å²) in [5.74, 6) is 0.698. The molecule has 8 aromatic rings. The van der Waals surface area contributed by atoms with Crippen LogP contribution in [0, 0.1) is 83.1 Å². The van der Waals surface area contributed by atoms with Gasteiger partial charge in [0.25, 0.3) is 0 Å². The van der Waals surface area contributed by atoms with Crippen molar-refractivity contribution < 1.29 is 0 Å². The summed E-state index contributed by atoms with van der Waals surface area (Å²) < 4.78 is 0. The number of benzene rings is 8. The van der Waals surface area contributed by atoms with Crippen molar-refractivity contribution in [3.63, 3.8) is 0 Å². The lowest BCUT2D eigenvalue weighted by Gasteiger charge is -2.30. The summed E-state index contributed by atoms with van der Waals surface area (Å²) in [4.78, 5) is 0. The smallest absolute Gasteiger partial charge is 0.0629 e. The van der Waals surface area contributed by atoms with E-state index in [-0.39, 0.29) is 13.4 Å². The largest absolute Gasteiger partial charge is 0.243 e. The van der Waals surface area contributed by atoms with Gasteiger partial charge in [-0.2, -0.15) is 0 Å². The number of aryl methyl sites for hydroxylation is 12. The average molecular weight is 783 g/mol. The molecule has 60 heavy (non-hydrogen) atoms. The van der Waals surface area contributed by atoms with Gasteiger partial charge in [-0.25, -0.2) is 0 Å². The Morgan fingerprint density at radius 1 is 0.300 bits per heavy atom. The zero-order valence-corrected chi connectivity index (χ0v) is 39.4. The van der Waals surface area contributed by atoms with Crippen LogP contribution in [-0.4, -0.2) is 13.4 Å². The molecule has 0 saturated carbocycles. The first-order chi connectivity index (χ1) is 28.4. The zero-order valence-electron chi connectivity index (χ0n) is 39.4. The highest BCUT2D eigenvalue weighted by Crippen LogP contribution is 2.40. The van der Waals surface area contributed by atoms with Crippen LogP contribution < -0.4 is 32.8 Å². The third kappa shape index (κ3) is 6.80. The Bertz CT molecular complexity index is 2600. The zero-order chi connectivity index (χ0) is 43.2. The molecule has 0 heterocycles. The van der Waals surface area contributed by atoms with Crippen molar-refractivity contribution in [3.05, 3.63) is 163 Å². The summed E-state index contributed by atoms with van der Waals surface area (Å²) in [6, 6.07) is 34.4. The Kier molecular flexibility index (Phi) is 10.7. The number of hydrogen-bond acceptors (Lipinski definition) is 0. The molecule has 0 aliphatic heterocycles. The van der Waals surface area contributed by atoms with E-state index in [2.05, 4.69) is 196 Å². The molecule has 0 fully saturated rings. The van der Waals surface area contributed by atoms with Crippen LogP contribution in [-0.2, 0) is 0 Å². The summed E-state index contributed by atoms with van der Waals surface area (Å²) in [6.07, 6.45) is 0. The van der Waals surface area contributed by atoms with Crippen LogP contribution in [0.2, 0.25) is 0 Å². The second-order valence-corrected chi connectivity index (χ2v) is 19.6. The van der Waals surface area contributed by atoms with E-state index in [0.717, 1.165) is 0 Å². The van der Waals surface area contributed by atoms with Crippen molar-refractivity contribution >= 4 is 78.5 Å². The molecule has 0 saturated heterocycles. The average Bonchev–Trinajstić information content (AvgIpc) is 3.13. The quantitative estimate of drug-likeness (QED) is 0.106. The Morgan fingerprint density at radius 2 is 0.517 bits per heavy atom. The van der Waals surface area contributed by atoms with Crippen LogP contribution in [0.25, 0.3) is 32.3 Å². The molecule has 302 valence electrons. The van der Waals surface area contributed by atoms with Gasteiger partial charge in [-0.05, 0) is 138 Å². The molecule has 0 atom stereocenters. The maximum absolute atomic E-state index is 2.61. The first-order valence-electron chi connectivity index (χ1n) is 22.5. The van der Waals surface area contributed by atoms with Gasteiger partial charge in [0.1, 0.15) is 0 Å². The highest BCUT2D eigenvalue weighted by atomic mass is 14.2. The highest BCUT2D eigenvalue weighted by Gasteiger charge is 2.34. The first kappa shape index (κ1) is 41.7. The van der Waals surface area contributed by atoms with Crippen molar-refractivity contribution in [1.82, 2.24) is 0 Å². The van der Waals surface area contributed by atoms with E-state index in [4.69, 9.17) is 0 Å². The van der Waals surface area contributed by atoms with Gasteiger partial charge in [0.15, 0.2) is 0 Å². The Labute approximate surface area is 362 Å². The van der Waals surface area contributed by atoms with Crippen molar-refractivity contribution in [2.75, 3.05) is 0 Å². The lowest BCUT2D eigenvalue weighted by atomic mass is 9.33. The SMILES string of the molecule is Cc1cc(C)c(B(c2c(C)cc(C)cc2C)c2cc(C(C)C)c3ccc4c(B(c5c(C)cc(C)cc5C)c5c(C)cc(C)cc5C)cc(C(C)C)c5ccc2c3c45)c(C)c1. The Morgan fingerprint density at radius 3 is 0.733 bits per heavy atom. The van der Waals surface area contributed by atoms with Crippen molar-refractivity contribution in [2.45, 2.75) is 123 Å². The molecule has 0 bridgehead atoms. The second kappa shape index (κ2) is 15.4. The summed E-state index contributed by atoms with van der Waals surface area (Å²) in [5, 5.41) is 8.40. The van der Waals surface area contributed by atoms with E-state index in [1.807, 2.05) is 0 Å². The van der Waals surface area contributed by atoms with Gasteiger partial charge in [0, 0.05) is 0 Å². The number of rotatable bonds is 8. The minimum absolute atomic E-state index is 0.0840. The Hall–Kier alpha value is -5.07. The fourth-order valence-electron chi connectivity index (χ4n) is 12.0. The van der Waals surface area contributed by atoms with Gasteiger partial charge in [-0.3, -0.25) is 0 Å². The predicted molar refractivity (Wildman–Crippen MR) is 270 cm³/mol. The lowest BCUT2D eigenvalue weighted by Crippen LogP contribution is -2.56. The maximum atomic E-state index is 2.61. The molecule has 0 radical (unpaired) electrons. The molecular weight excluding hydrogens is 718 g/mol. The molecule has 0 nitrogen and oxygen atoms in total. The van der Waals surface area contributed by atoms with E-state index >= 15 is 0 Å². The highest BCUT2D eigenvalue weighted by molar-refractivity contribution is 6.99. The van der Waals surface area contributed by atoms with Gasteiger partial charge >= 0.3 is 0 Å². The monoisotopic (exact) mass is 783 g/mol. The summed E-state index contributed by atoms with van der Waals surface area (Å²) in [6.45, 7) is 37.4. The summed E-state index contributed by atoms with van der Waals surface area (Å²) >= 11 is 0. The van der Waals surface area contributed by atoms with Crippen LogP contribution in [0.5, 0.6) is 0 Å². The Balaban J connectivity index is 1.59. The van der Waals surface area contributed by atoms with Crippen LogP contribution in [0.4, 0.5) is 0 Å². The molecular formula is C58H64B2. The van der Waals surface area contributed by atoms with Gasteiger partial charge in [-0.1, -0.05) is 212 Å². The molecule has 0 aromatic heterocycles. The molecule has 0 spiro atoms. The standard InChI is InChI=1S/C58H64B2/c1-31(2)49-29-51(59(55-37(9)21-33(5)22-38(55)10)56-39(11)23-34(6)24-40(56)12)47-20-18-46-50(32(3)4)30-52(48-19-17-45(49)53(47)54(46)48)60(57-41(13)25-35(7)26-42(57)14)58-43(15)27-36(8)28-44(58)16/h17-32H,1-16H3. The summed E-state index contributed by atoms with van der Waals surface area (Å²) in [5.41, 5.74) is 27.7. The fourth-order valence-corrected chi connectivity index (χ4v) is 12.0. The van der Waals surface area contributed by atoms with Crippen LogP contribution in [0.15, 0.2) is 84.9 Å². The fraction of sp³-hybridized carbons (Fsp3) is 0.310. The van der Waals surface area contributed by atoms with E-state index in [9.17, 15) is 0 Å². The molecule has 8 aromatic carbocycles. The molecule has 8 rings (SSSR count). The third-order valence-corrected chi connectivity index (χ3v) is 14.0. The van der Waals surface area contributed by atoms with Crippen molar-refractivity contribution in [3.8, 4) is 0 Å². The van der Waals surface area contributed by atoms with E-state index in [1.54, 1.807) is 0 Å². The second-order valence-electron chi connectivity index (χ2n) is 19.6. The molecule has 0 amide bonds. The number of hydrogen-bond donors (Lipinski definition) is 0. The normalized spacial score (nSPS) is 12.0. The van der Waals surface area contributed by atoms with Crippen LogP contribution >= 0.6 is 0 Å². The summed E-state index contributed by atoms with van der Waals surface area (Å²) in [7, 11) is 0. The molecule has 0 aliphatic rings. The van der Waals surface area contributed by atoms with Crippen LogP contribution in [0.3, 0.4) is 0 Å². The van der Waals surface area contributed by atoms with Gasteiger partial charge in [0.05, 0.1) is 0 Å².